The molecule has 1 aliphatic heterocycles. The zero-order chi connectivity index (χ0) is 28.6. The van der Waals surface area contributed by atoms with Crippen molar-refractivity contribution in [3.63, 3.8) is 0 Å². The Kier molecular flexibility index (Phi) is 6.42. The topological polar surface area (TPSA) is 76.1 Å². The molecule has 2 atom stereocenters. The molecular weight excluding hydrogens is 561 g/mol. The van der Waals surface area contributed by atoms with Gasteiger partial charge in [-0.2, -0.15) is 0 Å². The van der Waals surface area contributed by atoms with Gasteiger partial charge in [-0.15, -0.1) is 0 Å². The first kappa shape index (κ1) is 27.1. The van der Waals surface area contributed by atoms with E-state index in [2.05, 4.69) is 56.3 Å². The van der Waals surface area contributed by atoms with Gasteiger partial charge in [-0.25, -0.2) is 0 Å². The van der Waals surface area contributed by atoms with Gasteiger partial charge in [0.05, 0.1) is 28.8 Å². The average molecular weight is 593 g/mol. The number of nitrogens with one attached hydrogen (secondary N) is 2. The Morgan fingerprint density at radius 2 is 1.70 bits per heavy atom. The molecule has 2 aliphatic rings. The molecule has 1 aliphatic carbocycles. The molecule has 6 nitrogen and oxygen atoms in total. The number of H-pyrrole nitrogens is 1. The normalized spacial score (nSPS) is 20.0. The fourth-order valence-corrected chi connectivity index (χ4v) is 7.39. The van der Waals surface area contributed by atoms with Crippen molar-refractivity contribution in [1.29, 1.82) is 0 Å². The molecule has 3 heterocycles. The smallest absolute Gasteiger partial charge is 0.259 e. The van der Waals surface area contributed by atoms with Gasteiger partial charge in [-0.1, -0.05) is 80.4 Å². The third kappa shape index (κ3) is 4.27. The van der Waals surface area contributed by atoms with Crippen molar-refractivity contribution in [3.05, 3.63) is 82.1 Å². The van der Waals surface area contributed by atoms with Gasteiger partial charge in [-0.05, 0) is 36.3 Å². The molecule has 1 unspecified atom stereocenters. The van der Waals surface area contributed by atoms with Crippen molar-refractivity contribution < 1.29 is 14.0 Å². The number of allylic oxidation sites excluding steroid dienone is 1. The average Bonchev–Trinajstić information content (AvgIpc) is 3.62. The molecule has 0 spiro atoms. The zero-order valence-electron chi connectivity index (χ0n) is 23.1. The summed E-state index contributed by atoms with van der Waals surface area (Å²) in [6.07, 6.45) is 6.66. The second kappa shape index (κ2) is 9.48. The Morgan fingerprint density at radius 3 is 2.45 bits per heavy atom. The number of aromatic amines is 1. The third-order valence-corrected chi connectivity index (χ3v) is 13.7. The molecule has 6 rings (SSSR count). The van der Waals surface area contributed by atoms with Gasteiger partial charge >= 0.3 is 0 Å². The van der Waals surface area contributed by atoms with Crippen molar-refractivity contribution >= 4 is 76.3 Å². The summed E-state index contributed by atoms with van der Waals surface area (Å²) >= 11 is 13.7. The van der Waals surface area contributed by atoms with Crippen LogP contribution in [0.4, 0.5) is 0 Å². The number of para-hydroxylation sites is 1. The first-order valence-corrected chi connectivity index (χ1v) is 17.1. The van der Waals surface area contributed by atoms with Crippen LogP contribution in [0, 0.1) is 0 Å². The summed E-state index contributed by atoms with van der Waals surface area (Å²) in [5, 5.41) is 5.15. The molecule has 0 saturated carbocycles. The lowest BCUT2D eigenvalue weighted by Crippen LogP contribution is -2.43. The van der Waals surface area contributed by atoms with Gasteiger partial charge in [0.15, 0.2) is 8.32 Å². The van der Waals surface area contributed by atoms with Gasteiger partial charge in [0.25, 0.3) is 11.8 Å². The van der Waals surface area contributed by atoms with Crippen molar-refractivity contribution in [1.82, 2.24) is 14.9 Å². The number of halogens is 2. The van der Waals surface area contributed by atoms with Crippen molar-refractivity contribution in [2.24, 2.45) is 0 Å². The van der Waals surface area contributed by atoms with Crippen LogP contribution < -0.4 is 5.32 Å². The maximum absolute atomic E-state index is 13.4. The van der Waals surface area contributed by atoms with E-state index in [0.29, 0.717) is 33.3 Å². The Hall–Kier alpha value is -3.10. The molecule has 206 valence electrons. The highest BCUT2D eigenvalue weighted by Gasteiger charge is 2.41. The second-order valence-corrected chi connectivity index (χ2v) is 17.6. The minimum Gasteiger partial charge on any atom is -0.410 e. The summed E-state index contributed by atoms with van der Waals surface area (Å²) in [7, 11) is -1.99. The Morgan fingerprint density at radius 1 is 0.975 bits per heavy atom. The van der Waals surface area contributed by atoms with Gasteiger partial charge in [0.1, 0.15) is 5.15 Å². The zero-order valence-corrected chi connectivity index (χ0v) is 25.6. The minimum absolute atomic E-state index is 0.0422. The molecule has 2 N–H and O–H groups in total. The monoisotopic (exact) mass is 591 g/mol. The highest BCUT2D eigenvalue weighted by Crippen LogP contribution is 2.46. The van der Waals surface area contributed by atoms with Crippen LogP contribution in [-0.4, -0.2) is 35.8 Å². The first-order valence-electron chi connectivity index (χ1n) is 13.4. The second-order valence-electron chi connectivity index (χ2n) is 12.1. The number of benzene rings is 2. The van der Waals surface area contributed by atoms with Crippen LogP contribution in [0.2, 0.25) is 28.3 Å². The summed E-state index contributed by atoms with van der Waals surface area (Å²) in [4.78, 5) is 29.8. The standard InChI is InChI=1S/C31H31Cl2N3O3Si/c1-31(2,3)40(4,5)39-19-12-11-18(15-19)36-24-14-17(32)10-13-21(24)25(28(36)33)27-26(29(37)35-30(27)38)22-16-34-23-9-7-6-8-20(22)23/h6-14,16,18-19,34H,15H2,1-5H3,(H,35,37,38)/t18?,19-/m1/s1. The Labute approximate surface area is 244 Å². The van der Waals surface area contributed by atoms with Gasteiger partial charge in [0.2, 0.25) is 0 Å². The number of hydrogen-bond acceptors (Lipinski definition) is 3. The van der Waals surface area contributed by atoms with Crippen LogP contribution in [-0.2, 0) is 14.0 Å². The molecule has 0 bridgehead atoms. The lowest BCUT2D eigenvalue weighted by Gasteiger charge is -2.38. The highest BCUT2D eigenvalue weighted by molar-refractivity contribution is 6.74. The number of carbonyl (C=O) groups excluding carboxylic acids is 2. The van der Waals surface area contributed by atoms with E-state index >= 15 is 0 Å². The molecule has 0 fully saturated rings. The molecule has 2 aromatic carbocycles. The van der Waals surface area contributed by atoms with Crippen molar-refractivity contribution in [3.8, 4) is 0 Å². The molecule has 9 heteroatoms. The molecule has 0 saturated heterocycles. The van der Waals surface area contributed by atoms with E-state index in [-0.39, 0.29) is 22.8 Å². The van der Waals surface area contributed by atoms with Crippen LogP contribution in [0.3, 0.4) is 0 Å². The highest BCUT2D eigenvalue weighted by atomic mass is 35.5. The number of carbonyl (C=O) groups is 2. The van der Waals surface area contributed by atoms with Crippen molar-refractivity contribution in [2.75, 3.05) is 0 Å². The summed E-state index contributed by atoms with van der Waals surface area (Å²) in [5.74, 6) is -0.915. The van der Waals surface area contributed by atoms with E-state index in [1.165, 1.54) is 0 Å². The van der Waals surface area contributed by atoms with Crippen LogP contribution >= 0.6 is 23.2 Å². The summed E-state index contributed by atoms with van der Waals surface area (Å²) in [6, 6.07) is 13.1. The third-order valence-electron chi connectivity index (χ3n) is 8.55. The first-order chi connectivity index (χ1) is 18.9. The lowest BCUT2D eigenvalue weighted by atomic mass is 9.95. The van der Waals surface area contributed by atoms with Gasteiger partial charge in [0, 0.05) is 45.1 Å². The minimum atomic E-state index is -1.99. The van der Waals surface area contributed by atoms with Crippen molar-refractivity contribution in [2.45, 2.75) is 57.5 Å². The molecule has 40 heavy (non-hydrogen) atoms. The number of hydrogen-bond donors (Lipinski definition) is 2. The fourth-order valence-electron chi connectivity index (χ4n) is 5.53. The van der Waals surface area contributed by atoms with Gasteiger partial charge in [-0.3, -0.25) is 14.9 Å². The predicted molar refractivity (Wildman–Crippen MR) is 165 cm³/mol. The summed E-state index contributed by atoms with van der Waals surface area (Å²) in [6.45, 7) is 11.2. The Balaban J connectivity index is 1.51. The predicted octanol–water partition coefficient (Wildman–Crippen LogP) is 7.89. The molecule has 2 aromatic heterocycles. The number of aromatic nitrogens is 2. The molecule has 2 amide bonds. The van der Waals surface area contributed by atoms with E-state index in [1.807, 2.05) is 41.0 Å². The van der Waals surface area contributed by atoms with E-state index in [0.717, 1.165) is 21.8 Å². The van der Waals surface area contributed by atoms with E-state index in [4.69, 9.17) is 27.6 Å². The lowest BCUT2D eigenvalue weighted by molar-refractivity contribution is -0.122. The quantitative estimate of drug-likeness (QED) is 0.141. The number of amides is 2. The van der Waals surface area contributed by atoms with Crippen LogP contribution in [0.25, 0.3) is 33.0 Å². The number of imide groups is 1. The van der Waals surface area contributed by atoms with Crippen LogP contribution in [0.5, 0.6) is 0 Å². The maximum Gasteiger partial charge on any atom is 0.259 e. The maximum atomic E-state index is 13.4. The van der Waals surface area contributed by atoms with E-state index in [9.17, 15) is 9.59 Å². The largest absolute Gasteiger partial charge is 0.410 e. The Bertz CT molecular complexity index is 1770. The summed E-state index contributed by atoms with van der Waals surface area (Å²) in [5.41, 5.74) is 3.43. The number of nitrogens with zero attached hydrogens (tertiary/aromatic N) is 1. The van der Waals surface area contributed by atoms with Crippen LogP contribution in [0.1, 0.15) is 44.4 Å². The molecule has 4 aromatic rings. The molecule has 0 radical (unpaired) electrons. The van der Waals surface area contributed by atoms with Crippen LogP contribution in [0.15, 0.2) is 60.8 Å². The SMILES string of the molecule is CC(C)(C)[Si](C)(C)O[C@@H]1C=CC(n2c(Cl)c(C3=C(c4c[nH]c5ccccc45)C(=O)NC3=O)c3ccc(Cl)cc32)C1. The van der Waals surface area contributed by atoms with Gasteiger partial charge < -0.3 is 14.0 Å². The van der Waals surface area contributed by atoms with E-state index < -0.39 is 20.1 Å². The number of fused-ring (bicyclic) bond motifs is 2. The molecular formula is C31H31Cl2N3O3Si. The number of rotatable bonds is 5. The summed E-state index contributed by atoms with van der Waals surface area (Å²) < 4.78 is 8.70. The van der Waals surface area contributed by atoms with E-state index in [1.54, 1.807) is 12.3 Å². The fraction of sp³-hybridized carbons (Fsp3) is 0.290.